The maximum atomic E-state index is 13.5. The Morgan fingerprint density at radius 1 is 0.898 bits per heavy atom. The van der Waals surface area contributed by atoms with Crippen LogP contribution in [0.1, 0.15) is 75.3 Å². The maximum Gasteiger partial charge on any atom is 0.278 e. The molecule has 14 nitrogen and oxygen atoms in total. The van der Waals surface area contributed by atoms with Gasteiger partial charge in [-0.3, -0.25) is 24.5 Å². The van der Waals surface area contributed by atoms with Gasteiger partial charge >= 0.3 is 0 Å². The van der Waals surface area contributed by atoms with Gasteiger partial charge in [0.2, 0.25) is 5.91 Å². The number of halogens is 1. The first kappa shape index (κ1) is 39.9. The third-order valence-electron chi connectivity index (χ3n) is 12.5. The Morgan fingerprint density at radius 3 is 2.24 bits per heavy atom. The minimum Gasteiger partial charge on any atom is -0.489 e. The number of hydrogen-bond acceptors (Lipinski definition) is 11. The molecule has 4 aromatic rings. The lowest BCUT2D eigenvalue weighted by atomic mass is 9.49. The van der Waals surface area contributed by atoms with Crippen LogP contribution in [0.4, 0.5) is 11.4 Å². The van der Waals surface area contributed by atoms with E-state index in [9.17, 15) is 24.4 Å². The van der Waals surface area contributed by atoms with Crippen LogP contribution in [0.2, 0.25) is 5.02 Å². The highest BCUT2D eigenvalue weighted by atomic mass is 35.5. The van der Waals surface area contributed by atoms with Crippen LogP contribution < -0.4 is 30.7 Å². The second-order valence-electron chi connectivity index (χ2n) is 17.2. The molecule has 3 aromatic carbocycles. The van der Waals surface area contributed by atoms with Crippen molar-refractivity contribution in [2.45, 2.75) is 71.6 Å². The smallest absolute Gasteiger partial charge is 0.278 e. The molecule has 59 heavy (non-hydrogen) atoms. The number of anilines is 2. The molecule has 3 amide bonds. The summed E-state index contributed by atoms with van der Waals surface area (Å²) < 4.78 is 7.48. The van der Waals surface area contributed by atoms with Crippen LogP contribution in [0, 0.1) is 22.2 Å². The van der Waals surface area contributed by atoms with Gasteiger partial charge < -0.3 is 24.8 Å². The Kier molecular flexibility index (Phi) is 10.6. The average Bonchev–Trinajstić information content (AvgIpc) is 3.23. The highest BCUT2D eigenvalue weighted by molar-refractivity contribution is 6.31. The number of piperazine rings is 1. The molecule has 1 aliphatic carbocycles. The molecule has 8 rings (SSSR count). The number of nitriles is 1. The van der Waals surface area contributed by atoms with Gasteiger partial charge in [-0.05, 0) is 80.1 Å². The number of imide groups is 1. The minimum atomic E-state index is -0.858. The summed E-state index contributed by atoms with van der Waals surface area (Å²) in [6, 6.07) is 19.6. The number of benzene rings is 3. The monoisotopic (exact) mass is 817 g/mol. The summed E-state index contributed by atoms with van der Waals surface area (Å²) in [5, 5.41) is 23.7. The quantitative estimate of drug-likeness (QED) is 0.224. The maximum absolute atomic E-state index is 13.5. The lowest BCUT2D eigenvalue weighted by molar-refractivity contribution is -0.164. The molecule has 0 spiro atoms. The molecule has 1 unspecified atom stereocenters. The van der Waals surface area contributed by atoms with E-state index in [4.69, 9.17) is 16.3 Å². The Bertz CT molecular complexity index is 2420. The fourth-order valence-electron chi connectivity index (χ4n) is 9.54. The number of carbonyl (C=O) groups is 3. The number of piperidine rings is 2. The van der Waals surface area contributed by atoms with Crippen LogP contribution >= 0.6 is 11.6 Å². The normalized spacial score (nSPS) is 22.6. The van der Waals surface area contributed by atoms with Crippen molar-refractivity contribution in [1.82, 2.24) is 30.5 Å². The van der Waals surface area contributed by atoms with E-state index >= 15 is 0 Å². The summed E-state index contributed by atoms with van der Waals surface area (Å²) >= 11 is 6.25. The van der Waals surface area contributed by atoms with Crippen molar-refractivity contribution in [2.24, 2.45) is 10.8 Å². The lowest BCUT2D eigenvalue weighted by Gasteiger charge is -2.63. The van der Waals surface area contributed by atoms with Crippen LogP contribution in [-0.2, 0) is 9.59 Å². The van der Waals surface area contributed by atoms with E-state index in [1.807, 2.05) is 36.4 Å². The van der Waals surface area contributed by atoms with E-state index in [1.54, 1.807) is 24.3 Å². The molecule has 306 valence electrons. The molecule has 1 saturated carbocycles. The SMILES string of the molecule is CC1(C)C(NC(=O)c2ccc(N3CCN(C=C4CCN(c5ccc6nnn(C7CCC(=O)NC7=O)c(=O)c6c5)CC4)CC3)cc2)C(C)(C)C1Oc1ccc(C#N)c(Cl)c1. The second-order valence-corrected chi connectivity index (χ2v) is 17.6. The second kappa shape index (κ2) is 15.7. The van der Waals surface area contributed by atoms with Crippen LogP contribution in [0.25, 0.3) is 10.9 Å². The molecule has 15 heteroatoms. The van der Waals surface area contributed by atoms with Crippen LogP contribution in [0.3, 0.4) is 0 Å². The van der Waals surface area contributed by atoms with Gasteiger partial charge in [-0.25, -0.2) is 0 Å². The first-order valence-electron chi connectivity index (χ1n) is 20.2. The predicted octanol–water partition coefficient (Wildman–Crippen LogP) is 5.21. The number of ether oxygens (including phenoxy) is 1. The van der Waals surface area contributed by atoms with Gasteiger partial charge in [0.1, 0.15) is 29.5 Å². The Hall–Kier alpha value is -5.94. The largest absolute Gasteiger partial charge is 0.489 e. The molecule has 3 saturated heterocycles. The van der Waals surface area contributed by atoms with Gasteiger partial charge in [0.25, 0.3) is 17.4 Å². The van der Waals surface area contributed by atoms with Gasteiger partial charge in [-0.2, -0.15) is 9.94 Å². The third kappa shape index (κ3) is 7.71. The van der Waals surface area contributed by atoms with E-state index in [0.29, 0.717) is 32.8 Å². The molecule has 4 fully saturated rings. The lowest BCUT2D eigenvalue weighted by Crippen LogP contribution is -2.74. The van der Waals surface area contributed by atoms with Crippen LogP contribution in [0.15, 0.2) is 77.2 Å². The van der Waals surface area contributed by atoms with Crippen molar-refractivity contribution in [3.63, 3.8) is 0 Å². The first-order valence-corrected chi connectivity index (χ1v) is 20.5. The molecule has 2 N–H and O–H groups in total. The molecule has 3 aliphatic heterocycles. The van der Waals surface area contributed by atoms with Crippen LogP contribution in [-0.4, -0.2) is 89.0 Å². The molecule has 1 aromatic heterocycles. The number of amides is 3. The Morgan fingerprint density at radius 2 is 1.58 bits per heavy atom. The van der Waals surface area contributed by atoms with E-state index in [0.717, 1.165) is 68.2 Å². The number of hydrogen-bond donors (Lipinski definition) is 2. The van der Waals surface area contributed by atoms with Crippen molar-refractivity contribution in [2.75, 3.05) is 49.1 Å². The highest BCUT2D eigenvalue weighted by Crippen LogP contribution is 2.55. The molecule has 1 atom stereocenters. The van der Waals surface area contributed by atoms with Crippen molar-refractivity contribution < 1.29 is 19.1 Å². The van der Waals surface area contributed by atoms with Gasteiger partial charge in [0.05, 0.1) is 16.0 Å². The number of fused-ring (bicyclic) bond motifs is 1. The summed E-state index contributed by atoms with van der Waals surface area (Å²) in [5.74, 6) is -0.403. The van der Waals surface area contributed by atoms with Crippen molar-refractivity contribution in [3.8, 4) is 11.8 Å². The average molecular weight is 818 g/mol. The summed E-state index contributed by atoms with van der Waals surface area (Å²) in [6.45, 7) is 13.5. The number of carbonyl (C=O) groups excluding carboxylic acids is 3. The van der Waals surface area contributed by atoms with Gasteiger partial charge in [-0.1, -0.05) is 50.1 Å². The van der Waals surface area contributed by atoms with Gasteiger partial charge in [0, 0.05) is 85.6 Å². The fourth-order valence-corrected chi connectivity index (χ4v) is 9.75. The first-order chi connectivity index (χ1) is 28.2. The van der Waals surface area contributed by atoms with Gasteiger partial charge in [-0.15, -0.1) is 5.10 Å². The highest BCUT2D eigenvalue weighted by Gasteiger charge is 2.64. The zero-order chi connectivity index (χ0) is 41.6. The van der Waals surface area contributed by atoms with Crippen molar-refractivity contribution >= 4 is 51.6 Å². The molecule has 4 aliphatic rings. The third-order valence-corrected chi connectivity index (χ3v) is 12.9. The molecular formula is C44H48ClN9O5. The molecule has 0 bridgehead atoms. The zero-order valence-corrected chi connectivity index (χ0v) is 34.5. The number of nitrogens with one attached hydrogen (secondary N) is 2. The minimum absolute atomic E-state index is 0.118. The van der Waals surface area contributed by atoms with E-state index < -0.39 is 17.5 Å². The Labute approximate surface area is 347 Å². The number of rotatable bonds is 8. The zero-order valence-electron chi connectivity index (χ0n) is 33.7. The standard InChI is InChI=1S/C44H48ClN9O5/c1-43(2)41(44(3,4)42(43)59-32-11-7-29(25-46)34(45)24-32)48-38(56)28-5-8-30(9-6-28)53-21-19-51(20-22-53)26-27-15-17-52(18-16-27)31-10-12-35-33(23-31)40(58)54(50-49-35)36-13-14-37(55)47-39(36)57/h5-12,23-24,26,36,41-42H,13-22H2,1-4H3,(H,48,56)(H,47,55,57). The van der Waals surface area contributed by atoms with Crippen molar-refractivity contribution in [3.05, 3.63) is 98.9 Å². The molecule has 0 radical (unpaired) electrons. The number of nitrogens with zero attached hydrogens (tertiary/aromatic N) is 7. The fraction of sp³-hybridized carbons (Fsp3) is 0.432. The van der Waals surface area contributed by atoms with E-state index in [2.05, 4.69) is 75.6 Å². The summed E-state index contributed by atoms with van der Waals surface area (Å²) in [5.41, 5.74) is 3.79. The summed E-state index contributed by atoms with van der Waals surface area (Å²) in [7, 11) is 0. The van der Waals surface area contributed by atoms with E-state index in [-0.39, 0.29) is 47.6 Å². The van der Waals surface area contributed by atoms with Crippen LogP contribution in [0.5, 0.6) is 5.75 Å². The molecular weight excluding hydrogens is 770 g/mol. The molecule has 4 heterocycles. The Balaban J connectivity index is 0.822. The summed E-state index contributed by atoms with van der Waals surface area (Å²) in [4.78, 5) is 58.0. The summed E-state index contributed by atoms with van der Waals surface area (Å²) in [6.07, 6.45) is 4.31. The predicted molar refractivity (Wildman–Crippen MR) is 224 cm³/mol. The van der Waals surface area contributed by atoms with E-state index in [1.165, 1.54) is 5.57 Å². The topological polar surface area (TPSA) is 166 Å². The van der Waals surface area contributed by atoms with Crippen molar-refractivity contribution in [1.29, 1.82) is 5.26 Å². The van der Waals surface area contributed by atoms with Gasteiger partial charge in [0.15, 0.2) is 0 Å². The number of aromatic nitrogens is 3.